The molecule has 0 spiro atoms. The van der Waals surface area contributed by atoms with Crippen LogP contribution in [0.1, 0.15) is 11.1 Å². The van der Waals surface area contributed by atoms with Gasteiger partial charge in [-0.2, -0.15) is 0 Å². The molecular weight excluding hydrogens is 486 g/mol. The SMILES string of the molecule is Clc1c2c(c(-c3ccccc3)c(-c3ccccc3)c1-c1ccccc1)Cc1ccccc1-2.c1cnnnc1. The number of benzene rings is 5. The van der Waals surface area contributed by atoms with Gasteiger partial charge >= 0.3 is 0 Å². The Bertz CT molecular complexity index is 1640. The molecule has 5 aromatic carbocycles. The number of nitrogens with zero attached hydrogens (tertiary/aromatic N) is 3. The molecule has 4 heteroatoms. The third-order valence-corrected chi connectivity index (χ3v) is 7.17. The first-order valence-corrected chi connectivity index (χ1v) is 12.9. The van der Waals surface area contributed by atoms with Crippen molar-refractivity contribution in [2.24, 2.45) is 0 Å². The van der Waals surface area contributed by atoms with Crippen molar-refractivity contribution < 1.29 is 0 Å². The first-order chi connectivity index (χ1) is 18.8. The molecule has 6 aromatic rings. The van der Waals surface area contributed by atoms with E-state index in [1.165, 1.54) is 44.5 Å². The molecule has 1 aliphatic rings. The van der Waals surface area contributed by atoms with Gasteiger partial charge in [-0.05, 0) is 62.2 Å². The van der Waals surface area contributed by atoms with E-state index in [9.17, 15) is 0 Å². The van der Waals surface area contributed by atoms with Crippen LogP contribution in [0.4, 0.5) is 0 Å². The zero-order valence-electron chi connectivity index (χ0n) is 20.6. The number of fused-ring (bicyclic) bond motifs is 3. The van der Waals surface area contributed by atoms with Crippen LogP contribution in [-0.2, 0) is 6.42 Å². The lowest BCUT2D eigenvalue weighted by Crippen LogP contribution is -1.98. The van der Waals surface area contributed by atoms with E-state index in [2.05, 4.69) is 131 Å². The lowest BCUT2D eigenvalue weighted by atomic mass is 9.82. The fourth-order valence-corrected chi connectivity index (χ4v) is 5.65. The van der Waals surface area contributed by atoms with Crippen LogP contribution >= 0.6 is 11.6 Å². The van der Waals surface area contributed by atoms with Gasteiger partial charge in [0.1, 0.15) is 0 Å². The van der Waals surface area contributed by atoms with E-state index in [-0.39, 0.29) is 0 Å². The Kier molecular flexibility index (Phi) is 6.75. The highest BCUT2D eigenvalue weighted by molar-refractivity contribution is 6.38. The Morgan fingerprint density at radius 2 is 0.974 bits per heavy atom. The average molecular weight is 510 g/mol. The summed E-state index contributed by atoms with van der Waals surface area (Å²) >= 11 is 7.33. The van der Waals surface area contributed by atoms with Gasteiger partial charge in [-0.3, -0.25) is 0 Å². The normalized spacial score (nSPS) is 11.2. The summed E-state index contributed by atoms with van der Waals surface area (Å²) in [5.74, 6) is 0. The van der Waals surface area contributed by atoms with E-state index < -0.39 is 0 Å². The number of rotatable bonds is 3. The smallest absolute Gasteiger partial charge is 0.0572 e. The largest absolute Gasteiger partial charge is 0.139 e. The summed E-state index contributed by atoms with van der Waals surface area (Å²) in [5, 5.41) is 11.0. The Hall–Kier alpha value is -4.60. The first-order valence-electron chi connectivity index (χ1n) is 12.5. The molecular formula is C34H24ClN3. The summed E-state index contributed by atoms with van der Waals surface area (Å²) in [6.45, 7) is 0. The molecule has 0 fully saturated rings. The summed E-state index contributed by atoms with van der Waals surface area (Å²) in [6, 6.07) is 42.4. The molecule has 0 bridgehead atoms. The molecule has 1 heterocycles. The maximum Gasteiger partial charge on any atom is 0.0572 e. The van der Waals surface area contributed by atoms with E-state index in [0.717, 1.165) is 22.6 Å². The molecule has 0 atom stereocenters. The maximum absolute atomic E-state index is 7.33. The minimum Gasteiger partial charge on any atom is -0.139 e. The van der Waals surface area contributed by atoms with Crippen molar-refractivity contribution >= 4 is 11.6 Å². The van der Waals surface area contributed by atoms with Crippen molar-refractivity contribution in [2.45, 2.75) is 6.42 Å². The van der Waals surface area contributed by atoms with Crippen molar-refractivity contribution in [1.29, 1.82) is 0 Å². The van der Waals surface area contributed by atoms with Crippen molar-refractivity contribution in [3.8, 4) is 44.5 Å². The Balaban J connectivity index is 0.000000390. The lowest BCUT2D eigenvalue weighted by molar-refractivity contribution is 0.865. The van der Waals surface area contributed by atoms with Crippen LogP contribution in [0.2, 0.25) is 5.02 Å². The third-order valence-electron chi connectivity index (χ3n) is 6.79. The van der Waals surface area contributed by atoms with Crippen LogP contribution in [-0.4, -0.2) is 15.4 Å². The molecule has 3 nitrogen and oxygen atoms in total. The molecule has 182 valence electrons. The number of aromatic nitrogens is 3. The van der Waals surface area contributed by atoms with Gasteiger partial charge in [-0.15, -0.1) is 10.2 Å². The quantitative estimate of drug-likeness (QED) is 0.239. The molecule has 38 heavy (non-hydrogen) atoms. The van der Waals surface area contributed by atoms with E-state index in [1.54, 1.807) is 18.5 Å². The van der Waals surface area contributed by atoms with Gasteiger partial charge in [0, 0.05) is 11.1 Å². The zero-order chi connectivity index (χ0) is 25.7. The van der Waals surface area contributed by atoms with Gasteiger partial charge in [0.05, 0.1) is 17.4 Å². The van der Waals surface area contributed by atoms with Gasteiger partial charge < -0.3 is 0 Å². The van der Waals surface area contributed by atoms with Crippen LogP contribution in [0, 0.1) is 0 Å². The topological polar surface area (TPSA) is 38.7 Å². The molecule has 7 rings (SSSR count). The Morgan fingerprint density at radius 3 is 1.50 bits per heavy atom. The Morgan fingerprint density at radius 1 is 0.474 bits per heavy atom. The highest BCUT2D eigenvalue weighted by atomic mass is 35.5. The second kappa shape index (κ2) is 10.8. The predicted molar refractivity (Wildman–Crippen MR) is 156 cm³/mol. The minimum atomic E-state index is 0.842. The second-order valence-corrected chi connectivity index (χ2v) is 9.41. The summed E-state index contributed by atoms with van der Waals surface area (Å²) in [7, 11) is 0. The van der Waals surface area contributed by atoms with E-state index in [4.69, 9.17) is 11.6 Å². The average Bonchev–Trinajstić information content (AvgIpc) is 3.39. The highest BCUT2D eigenvalue weighted by Crippen LogP contribution is 2.54. The van der Waals surface area contributed by atoms with Crippen LogP contribution < -0.4 is 0 Å². The van der Waals surface area contributed by atoms with Crippen LogP contribution in [0.15, 0.2) is 134 Å². The second-order valence-electron chi connectivity index (χ2n) is 9.04. The summed E-state index contributed by atoms with van der Waals surface area (Å²) in [6.07, 6.45) is 4.05. The van der Waals surface area contributed by atoms with E-state index in [1.807, 2.05) is 0 Å². The number of hydrogen-bond acceptors (Lipinski definition) is 3. The van der Waals surface area contributed by atoms with Gasteiger partial charge in [0.15, 0.2) is 0 Å². The number of hydrogen-bond donors (Lipinski definition) is 0. The summed E-state index contributed by atoms with van der Waals surface area (Å²) < 4.78 is 0. The molecule has 0 aliphatic heterocycles. The summed E-state index contributed by atoms with van der Waals surface area (Å²) in [4.78, 5) is 0. The Labute approximate surface area is 227 Å². The van der Waals surface area contributed by atoms with Gasteiger partial charge in [0.2, 0.25) is 0 Å². The van der Waals surface area contributed by atoms with Crippen molar-refractivity contribution in [2.75, 3.05) is 0 Å². The molecule has 0 saturated carbocycles. The number of halogens is 1. The predicted octanol–water partition coefficient (Wildman–Crippen LogP) is 8.78. The van der Waals surface area contributed by atoms with Crippen LogP contribution in [0.25, 0.3) is 44.5 Å². The molecule has 0 amide bonds. The lowest BCUT2D eigenvalue weighted by Gasteiger charge is -2.23. The van der Waals surface area contributed by atoms with E-state index in [0.29, 0.717) is 0 Å². The molecule has 0 radical (unpaired) electrons. The van der Waals surface area contributed by atoms with Crippen molar-refractivity contribution in [3.05, 3.63) is 150 Å². The maximum atomic E-state index is 7.33. The highest BCUT2D eigenvalue weighted by Gasteiger charge is 2.30. The molecule has 1 aromatic heterocycles. The minimum absolute atomic E-state index is 0.842. The molecule has 0 N–H and O–H groups in total. The molecule has 1 aliphatic carbocycles. The molecule has 0 saturated heterocycles. The monoisotopic (exact) mass is 509 g/mol. The van der Waals surface area contributed by atoms with E-state index >= 15 is 0 Å². The van der Waals surface area contributed by atoms with Gasteiger partial charge in [-0.1, -0.05) is 127 Å². The third kappa shape index (κ3) is 4.49. The van der Waals surface area contributed by atoms with Gasteiger partial charge in [0.25, 0.3) is 0 Å². The fraction of sp³-hybridized carbons (Fsp3) is 0.0294. The zero-order valence-corrected chi connectivity index (χ0v) is 21.4. The summed E-state index contributed by atoms with van der Waals surface area (Å²) in [5.41, 5.74) is 12.2. The first kappa shape index (κ1) is 23.8. The van der Waals surface area contributed by atoms with Crippen LogP contribution in [0.3, 0.4) is 0 Å². The van der Waals surface area contributed by atoms with Crippen molar-refractivity contribution in [3.63, 3.8) is 0 Å². The fourth-order valence-electron chi connectivity index (χ4n) is 5.23. The van der Waals surface area contributed by atoms with Crippen molar-refractivity contribution in [1.82, 2.24) is 15.4 Å². The molecule has 0 unspecified atom stereocenters. The van der Waals surface area contributed by atoms with Gasteiger partial charge in [-0.25, -0.2) is 0 Å². The standard InChI is InChI=1S/C31H21Cl.C3H3N3/c32-31-29(23-16-8-3-9-17-23)28(22-14-6-2-7-15-22)27(21-12-4-1-5-13-21)26-20-24-18-10-11-19-25(24)30(26)31;1-2-4-6-5-3-1/h1-19H,20H2;1-3H. The van der Waals surface area contributed by atoms with Crippen LogP contribution in [0.5, 0.6) is 0 Å².